The van der Waals surface area contributed by atoms with Crippen LogP contribution < -0.4 is 0 Å². The number of benzene rings is 1. The van der Waals surface area contributed by atoms with Gasteiger partial charge in [0.15, 0.2) is 11.1 Å². The van der Waals surface area contributed by atoms with Gasteiger partial charge in [0.2, 0.25) is 0 Å². The first-order chi connectivity index (χ1) is 6.30. The Kier molecular flexibility index (Phi) is 3.04. The maximum absolute atomic E-state index is 13.0. The third-order valence-corrected chi connectivity index (χ3v) is 2.42. The lowest BCUT2D eigenvalue weighted by Gasteiger charge is -2.18. The molecule has 0 spiro atoms. The summed E-state index contributed by atoms with van der Waals surface area (Å²) in [6, 6.07) is 3.40. The van der Waals surface area contributed by atoms with Crippen molar-refractivity contribution in [2.24, 2.45) is 0 Å². The highest BCUT2D eigenvalue weighted by atomic mass is 32.2. The Balaban J connectivity index is 3.28. The lowest BCUT2D eigenvalue weighted by molar-refractivity contribution is 0.0780. The Hall–Kier alpha value is -0.780. The topological polar surface area (TPSA) is 57.5 Å². The molecule has 0 saturated carbocycles. The van der Waals surface area contributed by atoms with Crippen molar-refractivity contribution in [1.29, 1.82) is 0 Å². The van der Waals surface area contributed by atoms with Gasteiger partial charge in [-0.3, -0.25) is 0 Å². The molecule has 3 nitrogen and oxygen atoms in total. The van der Waals surface area contributed by atoms with Gasteiger partial charge in [-0.05, 0) is 37.6 Å². The van der Waals surface area contributed by atoms with Gasteiger partial charge in [0.05, 0.1) is 10.5 Å². The zero-order chi connectivity index (χ0) is 10.9. The Labute approximate surface area is 83.9 Å². The van der Waals surface area contributed by atoms with Gasteiger partial charge in [-0.1, -0.05) is 0 Å². The molecule has 0 aliphatic heterocycles. The van der Waals surface area contributed by atoms with Crippen LogP contribution in [0.3, 0.4) is 0 Å². The molecule has 0 aliphatic rings. The maximum atomic E-state index is 13.0. The van der Waals surface area contributed by atoms with E-state index in [0.717, 1.165) is 12.1 Å². The Morgan fingerprint density at radius 3 is 2.36 bits per heavy atom. The van der Waals surface area contributed by atoms with E-state index in [1.165, 1.54) is 19.9 Å². The molecule has 0 radical (unpaired) electrons. The molecule has 1 aromatic carbocycles. The van der Waals surface area contributed by atoms with Gasteiger partial charge in [-0.2, -0.15) is 0 Å². The highest BCUT2D eigenvalue weighted by Crippen LogP contribution is 2.22. The van der Waals surface area contributed by atoms with Gasteiger partial charge < -0.3 is 9.66 Å². The van der Waals surface area contributed by atoms with Gasteiger partial charge >= 0.3 is 0 Å². The van der Waals surface area contributed by atoms with Crippen molar-refractivity contribution in [3.05, 3.63) is 29.6 Å². The molecule has 0 aromatic heterocycles. The van der Waals surface area contributed by atoms with Crippen molar-refractivity contribution in [2.75, 3.05) is 0 Å². The fourth-order valence-corrected chi connectivity index (χ4v) is 1.46. The normalized spacial score (nSPS) is 14.1. The molecule has 0 fully saturated rings. The molecule has 0 heterocycles. The number of aliphatic hydroxyl groups is 1. The summed E-state index contributed by atoms with van der Waals surface area (Å²) in [4.78, 5) is -0.0536. The quantitative estimate of drug-likeness (QED) is 0.742. The van der Waals surface area contributed by atoms with Crippen LogP contribution in [-0.2, 0) is 16.7 Å². The summed E-state index contributed by atoms with van der Waals surface area (Å²) in [7, 11) is 0. The van der Waals surface area contributed by atoms with Crippen molar-refractivity contribution in [2.45, 2.75) is 24.3 Å². The second kappa shape index (κ2) is 3.76. The van der Waals surface area contributed by atoms with Crippen molar-refractivity contribution in [1.82, 2.24) is 0 Å². The lowest BCUT2D eigenvalue weighted by Crippen LogP contribution is -2.16. The van der Waals surface area contributed by atoms with Crippen molar-refractivity contribution in [3.63, 3.8) is 0 Å². The second-order valence-electron chi connectivity index (χ2n) is 3.48. The summed E-state index contributed by atoms with van der Waals surface area (Å²) in [5.74, 6) is -0.637. The molecule has 0 amide bonds. The summed E-state index contributed by atoms with van der Waals surface area (Å²) < 4.78 is 32.4. The fraction of sp³-hybridized carbons (Fsp3) is 0.333. The van der Waals surface area contributed by atoms with Crippen LogP contribution in [0.2, 0.25) is 0 Å². The summed E-state index contributed by atoms with van der Waals surface area (Å²) in [6.07, 6.45) is 0. The summed E-state index contributed by atoms with van der Waals surface area (Å²) >= 11 is -2.24. The van der Waals surface area contributed by atoms with Crippen LogP contribution in [0.25, 0.3) is 0 Å². The summed E-state index contributed by atoms with van der Waals surface area (Å²) in [5, 5.41) is 9.57. The monoisotopic (exact) mass is 218 g/mol. The average molecular weight is 218 g/mol. The van der Waals surface area contributed by atoms with Gasteiger partial charge in [-0.15, -0.1) is 0 Å². The molecule has 2 N–H and O–H groups in total. The Morgan fingerprint density at radius 1 is 1.36 bits per heavy atom. The van der Waals surface area contributed by atoms with Crippen LogP contribution in [0.5, 0.6) is 0 Å². The molecule has 0 aliphatic carbocycles. The van der Waals surface area contributed by atoms with Gasteiger partial charge in [0.25, 0.3) is 0 Å². The summed E-state index contributed by atoms with van der Waals surface area (Å²) in [5.41, 5.74) is -0.953. The van der Waals surface area contributed by atoms with E-state index < -0.39 is 22.5 Å². The highest BCUT2D eigenvalue weighted by Gasteiger charge is 2.18. The fourth-order valence-electron chi connectivity index (χ4n) is 1.02. The average Bonchev–Trinajstić information content (AvgIpc) is 2.01. The second-order valence-corrected chi connectivity index (χ2v) is 4.45. The molecule has 1 atom stereocenters. The molecular weight excluding hydrogens is 207 g/mol. The standard InChI is InChI=1S/C9H11FO3S/c1-9(2,11)6-3-7(10)5-8(4-6)14(12)13/h3-5,11H,1-2H3,(H,12,13). The van der Waals surface area contributed by atoms with Crippen molar-refractivity contribution >= 4 is 11.1 Å². The predicted octanol–water partition coefficient (Wildman–Crippen LogP) is 1.63. The first-order valence-electron chi connectivity index (χ1n) is 3.95. The van der Waals surface area contributed by atoms with E-state index in [0.29, 0.717) is 0 Å². The first-order valence-corrected chi connectivity index (χ1v) is 5.05. The molecule has 0 saturated heterocycles. The molecule has 1 unspecified atom stereocenters. The molecular formula is C9H11FO3S. The van der Waals surface area contributed by atoms with E-state index in [4.69, 9.17) is 4.55 Å². The minimum Gasteiger partial charge on any atom is -0.386 e. The molecule has 78 valence electrons. The van der Waals surface area contributed by atoms with Gasteiger partial charge in [-0.25, -0.2) is 8.60 Å². The van der Waals surface area contributed by atoms with E-state index >= 15 is 0 Å². The van der Waals surface area contributed by atoms with E-state index in [1.54, 1.807) is 0 Å². The third-order valence-electron chi connectivity index (χ3n) is 1.78. The van der Waals surface area contributed by atoms with E-state index in [9.17, 15) is 13.7 Å². The third kappa shape index (κ3) is 2.60. The number of hydrogen-bond acceptors (Lipinski definition) is 2. The number of halogens is 1. The SMILES string of the molecule is CC(C)(O)c1cc(F)cc(S(=O)O)c1. The first kappa shape index (κ1) is 11.3. The molecule has 5 heteroatoms. The Morgan fingerprint density at radius 2 is 1.93 bits per heavy atom. The predicted molar refractivity (Wildman–Crippen MR) is 50.7 cm³/mol. The smallest absolute Gasteiger partial charge is 0.186 e. The summed E-state index contributed by atoms with van der Waals surface area (Å²) in [6.45, 7) is 2.96. The van der Waals surface area contributed by atoms with Crippen LogP contribution in [0.1, 0.15) is 19.4 Å². The van der Waals surface area contributed by atoms with Gasteiger partial charge in [0, 0.05) is 0 Å². The van der Waals surface area contributed by atoms with Crippen molar-refractivity contribution < 1.29 is 18.3 Å². The van der Waals surface area contributed by atoms with E-state index in [2.05, 4.69) is 0 Å². The van der Waals surface area contributed by atoms with Gasteiger partial charge in [0.1, 0.15) is 5.82 Å². The van der Waals surface area contributed by atoms with Crippen LogP contribution in [-0.4, -0.2) is 13.9 Å². The Bertz CT molecular complexity index is 371. The molecule has 1 aromatic rings. The maximum Gasteiger partial charge on any atom is 0.186 e. The van der Waals surface area contributed by atoms with Crippen molar-refractivity contribution in [3.8, 4) is 0 Å². The van der Waals surface area contributed by atoms with E-state index in [1.807, 2.05) is 0 Å². The number of hydrogen-bond donors (Lipinski definition) is 2. The largest absolute Gasteiger partial charge is 0.386 e. The van der Waals surface area contributed by atoms with Crippen LogP contribution >= 0.6 is 0 Å². The minimum atomic E-state index is -2.24. The zero-order valence-corrected chi connectivity index (χ0v) is 8.64. The van der Waals surface area contributed by atoms with Crippen LogP contribution in [0.4, 0.5) is 4.39 Å². The van der Waals surface area contributed by atoms with Crippen LogP contribution in [0.15, 0.2) is 23.1 Å². The molecule has 0 bridgehead atoms. The van der Waals surface area contributed by atoms with Crippen LogP contribution in [0, 0.1) is 5.82 Å². The lowest BCUT2D eigenvalue weighted by atomic mass is 9.99. The minimum absolute atomic E-state index is 0.0536. The molecule has 14 heavy (non-hydrogen) atoms. The highest BCUT2D eigenvalue weighted by molar-refractivity contribution is 7.79. The molecule has 1 rings (SSSR count). The van der Waals surface area contributed by atoms with E-state index in [-0.39, 0.29) is 10.5 Å². The number of rotatable bonds is 2. The zero-order valence-electron chi connectivity index (χ0n) is 7.82.